The van der Waals surface area contributed by atoms with Crippen molar-refractivity contribution in [2.24, 2.45) is 0 Å². The molecule has 4 nitrogen and oxygen atoms in total. The molecule has 1 aromatic heterocycles. The minimum Gasteiger partial charge on any atom is -0.337 e. The SMILES string of the molecule is CCn1cnc(CS(=O)(=O)F)c1. The van der Waals surface area contributed by atoms with E-state index >= 15 is 0 Å². The second kappa shape index (κ2) is 3.22. The number of hydrogen-bond donors (Lipinski definition) is 0. The van der Waals surface area contributed by atoms with Crippen LogP contribution in [0, 0.1) is 0 Å². The summed E-state index contributed by atoms with van der Waals surface area (Å²) >= 11 is 0. The van der Waals surface area contributed by atoms with Gasteiger partial charge in [-0.2, -0.15) is 8.42 Å². The molecule has 0 fully saturated rings. The fraction of sp³-hybridized carbons (Fsp3) is 0.500. The summed E-state index contributed by atoms with van der Waals surface area (Å²) in [5.41, 5.74) is 0.236. The van der Waals surface area contributed by atoms with Gasteiger partial charge in [0.1, 0.15) is 5.75 Å². The third-order valence-electron chi connectivity index (χ3n) is 1.37. The minimum absolute atomic E-state index is 0.236. The number of rotatable bonds is 3. The van der Waals surface area contributed by atoms with Crippen LogP contribution in [-0.4, -0.2) is 18.0 Å². The molecule has 0 aromatic carbocycles. The largest absolute Gasteiger partial charge is 0.337 e. The highest BCUT2D eigenvalue weighted by molar-refractivity contribution is 7.85. The van der Waals surface area contributed by atoms with E-state index in [9.17, 15) is 12.3 Å². The molecule has 1 rings (SSSR count). The molecular formula is C6H9FN2O2S. The highest BCUT2D eigenvalue weighted by Gasteiger charge is 2.10. The first-order valence-corrected chi connectivity index (χ1v) is 4.99. The molecule has 12 heavy (non-hydrogen) atoms. The Morgan fingerprint density at radius 1 is 1.67 bits per heavy atom. The van der Waals surface area contributed by atoms with Gasteiger partial charge in [0.05, 0.1) is 12.0 Å². The maximum Gasteiger partial charge on any atom is 0.308 e. The van der Waals surface area contributed by atoms with Crippen LogP contribution in [0.4, 0.5) is 3.89 Å². The van der Waals surface area contributed by atoms with E-state index in [0.717, 1.165) is 0 Å². The first kappa shape index (κ1) is 9.18. The first-order valence-electron chi connectivity index (χ1n) is 3.44. The summed E-state index contributed by atoms with van der Waals surface area (Å²) in [7, 11) is -4.45. The monoisotopic (exact) mass is 192 g/mol. The zero-order valence-electron chi connectivity index (χ0n) is 6.57. The number of nitrogens with zero attached hydrogens (tertiary/aromatic N) is 2. The van der Waals surface area contributed by atoms with Crippen LogP contribution < -0.4 is 0 Å². The predicted molar refractivity (Wildman–Crippen MR) is 41.6 cm³/mol. The molecule has 1 heterocycles. The molecule has 0 saturated carbocycles. The molecule has 6 heteroatoms. The smallest absolute Gasteiger partial charge is 0.308 e. The van der Waals surface area contributed by atoms with Gasteiger partial charge in [-0.3, -0.25) is 0 Å². The molecule has 0 radical (unpaired) electrons. The first-order chi connectivity index (χ1) is 5.51. The van der Waals surface area contributed by atoms with Gasteiger partial charge in [0.15, 0.2) is 0 Å². The number of aromatic nitrogens is 2. The topological polar surface area (TPSA) is 52.0 Å². The van der Waals surface area contributed by atoms with Crippen LogP contribution in [-0.2, 0) is 22.5 Å². The van der Waals surface area contributed by atoms with Crippen molar-refractivity contribution in [3.63, 3.8) is 0 Å². The summed E-state index contributed by atoms with van der Waals surface area (Å²) in [5.74, 6) is -0.639. The molecule has 0 amide bonds. The number of imidazole rings is 1. The van der Waals surface area contributed by atoms with Crippen LogP contribution >= 0.6 is 0 Å². The van der Waals surface area contributed by atoms with Crippen molar-refractivity contribution in [1.29, 1.82) is 0 Å². The molecule has 0 N–H and O–H groups in total. The quantitative estimate of drug-likeness (QED) is 0.662. The normalized spacial score (nSPS) is 11.8. The molecule has 0 bridgehead atoms. The summed E-state index contributed by atoms with van der Waals surface area (Å²) < 4.78 is 34.2. The van der Waals surface area contributed by atoms with Gasteiger partial charge in [-0.15, -0.1) is 3.89 Å². The highest BCUT2D eigenvalue weighted by Crippen LogP contribution is 2.04. The van der Waals surface area contributed by atoms with Gasteiger partial charge < -0.3 is 4.57 Å². The lowest BCUT2D eigenvalue weighted by Gasteiger charge is -1.90. The fourth-order valence-corrected chi connectivity index (χ4v) is 1.33. The number of hydrogen-bond acceptors (Lipinski definition) is 3. The average molecular weight is 192 g/mol. The standard InChI is InChI=1S/C6H9FN2O2S/c1-2-9-3-6(8-5-9)4-12(7,10)11/h3,5H,2,4H2,1H3. The van der Waals surface area contributed by atoms with Crippen LogP contribution in [0.3, 0.4) is 0 Å². The Morgan fingerprint density at radius 3 is 2.75 bits per heavy atom. The van der Waals surface area contributed by atoms with Crippen molar-refractivity contribution in [3.8, 4) is 0 Å². The Labute approximate surface area is 70.3 Å². The molecule has 0 aliphatic rings. The van der Waals surface area contributed by atoms with Crippen LogP contribution in [0.2, 0.25) is 0 Å². The lowest BCUT2D eigenvalue weighted by atomic mass is 10.5. The Kier molecular flexibility index (Phi) is 2.46. The Morgan fingerprint density at radius 2 is 2.33 bits per heavy atom. The van der Waals surface area contributed by atoms with E-state index in [1.807, 2.05) is 6.92 Å². The van der Waals surface area contributed by atoms with E-state index < -0.39 is 16.0 Å². The molecule has 68 valence electrons. The van der Waals surface area contributed by atoms with E-state index in [1.54, 1.807) is 4.57 Å². The average Bonchev–Trinajstić information content (AvgIpc) is 2.32. The van der Waals surface area contributed by atoms with Crippen molar-refractivity contribution in [2.75, 3.05) is 0 Å². The molecule has 1 aromatic rings. The van der Waals surface area contributed by atoms with Crippen molar-refractivity contribution in [2.45, 2.75) is 19.2 Å². The Balaban J connectivity index is 2.78. The lowest BCUT2D eigenvalue weighted by Crippen LogP contribution is -1.96. The van der Waals surface area contributed by atoms with Crippen LogP contribution in [0.15, 0.2) is 12.5 Å². The van der Waals surface area contributed by atoms with Crippen molar-refractivity contribution in [1.82, 2.24) is 9.55 Å². The van der Waals surface area contributed by atoms with E-state index in [0.29, 0.717) is 6.54 Å². The highest BCUT2D eigenvalue weighted by atomic mass is 32.3. The Bertz CT molecular complexity index is 357. The van der Waals surface area contributed by atoms with Crippen LogP contribution in [0.25, 0.3) is 0 Å². The van der Waals surface area contributed by atoms with Gasteiger partial charge in [-0.05, 0) is 6.92 Å². The molecule has 0 aliphatic carbocycles. The van der Waals surface area contributed by atoms with Crippen LogP contribution in [0.1, 0.15) is 12.6 Å². The molecule has 0 spiro atoms. The second-order valence-corrected chi connectivity index (χ2v) is 3.74. The summed E-state index contributed by atoms with van der Waals surface area (Å²) in [4.78, 5) is 3.72. The van der Waals surface area contributed by atoms with Crippen molar-refractivity contribution < 1.29 is 12.3 Å². The van der Waals surface area contributed by atoms with Gasteiger partial charge in [0, 0.05) is 12.7 Å². The number of aryl methyl sites for hydroxylation is 1. The summed E-state index contributed by atoms with van der Waals surface area (Å²) in [6.45, 7) is 2.58. The summed E-state index contributed by atoms with van der Waals surface area (Å²) in [5, 5.41) is 0. The van der Waals surface area contributed by atoms with Crippen molar-refractivity contribution in [3.05, 3.63) is 18.2 Å². The predicted octanol–water partition coefficient (Wildman–Crippen LogP) is 0.702. The molecule has 0 unspecified atom stereocenters. The summed E-state index contributed by atoms with van der Waals surface area (Å²) in [6, 6.07) is 0. The second-order valence-electron chi connectivity index (χ2n) is 2.38. The van der Waals surface area contributed by atoms with E-state index in [-0.39, 0.29) is 5.69 Å². The zero-order valence-corrected chi connectivity index (χ0v) is 7.38. The van der Waals surface area contributed by atoms with E-state index in [4.69, 9.17) is 0 Å². The molecule has 0 aliphatic heterocycles. The maximum atomic E-state index is 12.1. The van der Waals surface area contributed by atoms with E-state index in [2.05, 4.69) is 4.98 Å². The van der Waals surface area contributed by atoms with Crippen molar-refractivity contribution >= 4 is 10.2 Å². The van der Waals surface area contributed by atoms with E-state index in [1.165, 1.54) is 12.5 Å². The third kappa shape index (κ3) is 2.61. The number of halogens is 1. The van der Waals surface area contributed by atoms with Gasteiger partial charge in [-0.1, -0.05) is 0 Å². The maximum absolute atomic E-state index is 12.1. The zero-order chi connectivity index (χ0) is 9.19. The molecule has 0 atom stereocenters. The minimum atomic E-state index is -4.45. The molecule has 0 saturated heterocycles. The Hall–Kier alpha value is -0.910. The van der Waals surface area contributed by atoms with Gasteiger partial charge in [0.2, 0.25) is 0 Å². The third-order valence-corrected chi connectivity index (χ3v) is 2.01. The molecular weight excluding hydrogens is 183 g/mol. The van der Waals surface area contributed by atoms with Gasteiger partial charge >= 0.3 is 10.2 Å². The van der Waals surface area contributed by atoms with Gasteiger partial charge in [-0.25, -0.2) is 4.98 Å². The lowest BCUT2D eigenvalue weighted by molar-refractivity contribution is 0.550. The van der Waals surface area contributed by atoms with Crippen LogP contribution in [0.5, 0.6) is 0 Å². The van der Waals surface area contributed by atoms with Gasteiger partial charge in [0.25, 0.3) is 0 Å². The fourth-order valence-electron chi connectivity index (χ4n) is 0.831. The summed E-state index contributed by atoms with van der Waals surface area (Å²) in [6.07, 6.45) is 2.98.